The van der Waals surface area contributed by atoms with Gasteiger partial charge in [0.15, 0.2) is 5.76 Å². The van der Waals surface area contributed by atoms with Crippen molar-refractivity contribution in [2.24, 2.45) is 11.8 Å². The molecule has 2 rings (SSSR count). The van der Waals surface area contributed by atoms with Crippen molar-refractivity contribution in [2.75, 3.05) is 24.3 Å². The lowest BCUT2D eigenvalue weighted by Gasteiger charge is -2.33. The van der Waals surface area contributed by atoms with E-state index in [4.69, 9.17) is 4.42 Å². The first-order chi connectivity index (χ1) is 13.6. The molecule has 0 unspecified atom stereocenters. The summed E-state index contributed by atoms with van der Waals surface area (Å²) in [6.45, 7) is 10.4. The van der Waals surface area contributed by atoms with Crippen LogP contribution in [-0.4, -0.2) is 36.9 Å². The molecule has 1 N–H and O–H groups in total. The SMILES string of the molecule is CC(C)C(=O)Nc1ccc(N(C)C)c(CN(C(=O)c2ccco2)[C@H](C)C(C)C)c1. The Bertz CT molecular complexity index is 826. The molecule has 0 radical (unpaired) electrons. The molecule has 29 heavy (non-hydrogen) atoms. The van der Waals surface area contributed by atoms with Gasteiger partial charge >= 0.3 is 0 Å². The third-order valence-electron chi connectivity index (χ3n) is 5.14. The molecule has 0 saturated carbocycles. The molecule has 6 heteroatoms. The van der Waals surface area contributed by atoms with Crippen molar-refractivity contribution in [1.82, 2.24) is 4.90 Å². The Morgan fingerprint density at radius 3 is 2.28 bits per heavy atom. The Morgan fingerprint density at radius 1 is 1.07 bits per heavy atom. The zero-order chi connectivity index (χ0) is 21.7. The first kappa shape index (κ1) is 22.5. The van der Waals surface area contributed by atoms with Crippen LogP contribution in [0, 0.1) is 11.8 Å². The third kappa shape index (κ3) is 5.62. The molecule has 0 spiro atoms. The highest BCUT2D eigenvalue weighted by Crippen LogP contribution is 2.27. The van der Waals surface area contributed by atoms with E-state index in [2.05, 4.69) is 19.2 Å². The van der Waals surface area contributed by atoms with Crippen LogP contribution in [-0.2, 0) is 11.3 Å². The van der Waals surface area contributed by atoms with Crippen LogP contribution in [0.1, 0.15) is 50.7 Å². The standard InChI is InChI=1S/C23H33N3O3/c1-15(2)17(5)26(23(28)21-9-8-12-29-21)14-18-13-19(24-22(27)16(3)4)10-11-20(18)25(6)7/h8-13,15-17H,14H2,1-7H3,(H,24,27)/t17-/m1/s1. The van der Waals surface area contributed by atoms with E-state index in [1.807, 2.05) is 62.9 Å². The fourth-order valence-electron chi connectivity index (χ4n) is 3.00. The molecule has 0 aliphatic heterocycles. The molecule has 0 saturated heterocycles. The van der Waals surface area contributed by atoms with Gasteiger partial charge < -0.3 is 19.5 Å². The number of nitrogens with zero attached hydrogens (tertiary/aromatic N) is 2. The first-order valence-electron chi connectivity index (χ1n) is 10.1. The van der Waals surface area contributed by atoms with Gasteiger partial charge in [-0.3, -0.25) is 9.59 Å². The van der Waals surface area contributed by atoms with Gasteiger partial charge in [0.25, 0.3) is 5.91 Å². The fraction of sp³-hybridized carbons (Fsp3) is 0.478. The summed E-state index contributed by atoms with van der Waals surface area (Å²) >= 11 is 0. The minimum atomic E-state index is -0.141. The van der Waals surface area contributed by atoms with Crippen LogP contribution >= 0.6 is 0 Å². The van der Waals surface area contributed by atoms with Crippen LogP contribution in [0.3, 0.4) is 0 Å². The number of furan rings is 1. The van der Waals surface area contributed by atoms with Crippen molar-refractivity contribution in [1.29, 1.82) is 0 Å². The van der Waals surface area contributed by atoms with E-state index < -0.39 is 0 Å². The smallest absolute Gasteiger partial charge is 0.290 e. The molecule has 0 fully saturated rings. The van der Waals surface area contributed by atoms with Crippen molar-refractivity contribution in [3.63, 3.8) is 0 Å². The summed E-state index contributed by atoms with van der Waals surface area (Å²) in [6, 6.07) is 9.24. The average molecular weight is 400 g/mol. The Labute approximate surface area is 173 Å². The van der Waals surface area contributed by atoms with Crippen molar-refractivity contribution in [3.05, 3.63) is 47.9 Å². The minimum Gasteiger partial charge on any atom is -0.459 e. The molecule has 1 aromatic heterocycles. The third-order valence-corrected chi connectivity index (χ3v) is 5.14. The van der Waals surface area contributed by atoms with Crippen LogP contribution in [0.15, 0.2) is 41.0 Å². The number of carbonyl (C=O) groups excluding carboxylic acids is 2. The first-order valence-corrected chi connectivity index (χ1v) is 10.1. The molecule has 1 atom stereocenters. The molecule has 158 valence electrons. The Balaban J connectivity index is 2.41. The zero-order valence-corrected chi connectivity index (χ0v) is 18.5. The van der Waals surface area contributed by atoms with Crippen LogP contribution in [0.4, 0.5) is 11.4 Å². The van der Waals surface area contributed by atoms with Gasteiger partial charge in [0.2, 0.25) is 5.91 Å². The number of hydrogen-bond acceptors (Lipinski definition) is 4. The van der Waals surface area contributed by atoms with Gasteiger partial charge in [-0.2, -0.15) is 0 Å². The topological polar surface area (TPSA) is 65.8 Å². The maximum atomic E-state index is 13.1. The van der Waals surface area contributed by atoms with E-state index in [1.54, 1.807) is 12.1 Å². The predicted molar refractivity (Wildman–Crippen MR) is 117 cm³/mol. The molecule has 1 heterocycles. The summed E-state index contributed by atoms with van der Waals surface area (Å²) < 4.78 is 5.37. The minimum absolute atomic E-state index is 0.0107. The summed E-state index contributed by atoms with van der Waals surface area (Å²) in [6.07, 6.45) is 1.51. The number of carbonyl (C=O) groups is 2. The number of benzene rings is 1. The van der Waals surface area contributed by atoms with Gasteiger partial charge in [0.05, 0.1) is 6.26 Å². The molecule has 2 amide bonds. The highest BCUT2D eigenvalue weighted by atomic mass is 16.3. The van der Waals surface area contributed by atoms with Gasteiger partial charge in [0.1, 0.15) is 0 Å². The molecule has 0 bridgehead atoms. The van der Waals surface area contributed by atoms with E-state index in [9.17, 15) is 9.59 Å². The lowest BCUT2D eigenvalue weighted by atomic mass is 10.0. The number of hydrogen-bond donors (Lipinski definition) is 1. The second-order valence-electron chi connectivity index (χ2n) is 8.28. The van der Waals surface area contributed by atoms with Crippen LogP contribution in [0.2, 0.25) is 0 Å². The zero-order valence-electron chi connectivity index (χ0n) is 18.5. The summed E-state index contributed by atoms with van der Waals surface area (Å²) in [5, 5.41) is 2.95. The summed E-state index contributed by atoms with van der Waals surface area (Å²) in [7, 11) is 3.94. The van der Waals surface area contributed by atoms with E-state index in [0.29, 0.717) is 12.3 Å². The van der Waals surface area contributed by atoms with E-state index >= 15 is 0 Å². The van der Waals surface area contributed by atoms with Gasteiger partial charge in [0, 0.05) is 44.0 Å². The maximum absolute atomic E-state index is 13.1. The highest BCUT2D eigenvalue weighted by molar-refractivity contribution is 5.93. The highest BCUT2D eigenvalue weighted by Gasteiger charge is 2.27. The number of amides is 2. The molecule has 1 aromatic carbocycles. The van der Waals surface area contributed by atoms with Crippen LogP contribution in [0.25, 0.3) is 0 Å². The largest absolute Gasteiger partial charge is 0.459 e. The summed E-state index contributed by atoms with van der Waals surface area (Å²) in [5.74, 6) is 0.323. The molecule has 6 nitrogen and oxygen atoms in total. The van der Waals surface area contributed by atoms with Gasteiger partial charge in [-0.1, -0.05) is 27.7 Å². The Morgan fingerprint density at radius 2 is 1.76 bits per heavy atom. The van der Waals surface area contributed by atoms with Crippen molar-refractivity contribution >= 4 is 23.2 Å². The normalized spacial score (nSPS) is 12.2. The lowest BCUT2D eigenvalue weighted by Crippen LogP contribution is -2.41. The van der Waals surface area contributed by atoms with Crippen molar-refractivity contribution in [3.8, 4) is 0 Å². The van der Waals surface area contributed by atoms with Crippen molar-refractivity contribution in [2.45, 2.75) is 47.2 Å². The van der Waals surface area contributed by atoms with Gasteiger partial charge in [-0.25, -0.2) is 0 Å². The number of anilines is 2. The second-order valence-corrected chi connectivity index (χ2v) is 8.28. The lowest BCUT2D eigenvalue weighted by molar-refractivity contribution is -0.118. The van der Waals surface area contributed by atoms with Crippen LogP contribution < -0.4 is 10.2 Å². The Kier molecular flexibility index (Phi) is 7.48. The van der Waals surface area contributed by atoms with Crippen molar-refractivity contribution < 1.29 is 14.0 Å². The summed E-state index contributed by atoms with van der Waals surface area (Å²) in [5.41, 5.74) is 2.69. The molecule has 0 aliphatic rings. The van der Waals surface area contributed by atoms with E-state index in [-0.39, 0.29) is 29.7 Å². The predicted octanol–water partition coefficient (Wildman–Crippen LogP) is 4.63. The fourth-order valence-corrected chi connectivity index (χ4v) is 3.00. The quantitative estimate of drug-likeness (QED) is 0.703. The summed E-state index contributed by atoms with van der Waals surface area (Å²) in [4.78, 5) is 29.1. The van der Waals surface area contributed by atoms with E-state index in [1.165, 1.54) is 6.26 Å². The average Bonchev–Trinajstić information content (AvgIpc) is 3.19. The van der Waals surface area contributed by atoms with Gasteiger partial charge in [-0.15, -0.1) is 0 Å². The van der Waals surface area contributed by atoms with Gasteiger partial charge in [-0.05, 0) is 48.7 Å². The Hall–Kier alpha value is -2.76. The monoisotopic (exact) mass is 399 g/mol. The molecular formula is C23H33N3O3. The molecule has 0 aliphatic carbocycles. The van der Waals surface area contributed by atoms with Crippen LogP contribution in [0.5, 0.6) is 0 Å². The number of nitrogens with one attached hydrogen (secondary N) is 1. The molecular weight excluding hydrogens is 366 g/mol. The maximum Gasteiger partial charge on any atom is 0.290 e. The number of rotatable bonds is 8. The second kappa shape index (κ2) is 9.63. The van der Waals surface area contributed by atoms with E-state index in [0.717, 1.165) is 16.9 Å². The molecule has 2 aromatic rings.